The van der Waals surface area contributed by atoms with Gasteiger partial charge in [-0.25, -0.2) is 0 Å². The minimum absolute atomic E-state index is 0.543. The molecule has 0 aromatic carbocycles. The molecule has 19 heavy (non-hydrogen) atoms. The summed E-state index contributed by atoms with van der Waals surface area (Å²) >= 11 is 1.49. The smallest absolute Gasteiger partial charge is 0.227 e. The summed E-state index contributed by atoms with van der Waals surface area (Å²) in [6, 6.07) is 0. The molecule has 1 fully saturated rings. The average molecular weight is 320 g/mol. The quantitative estimate of drug-likeness (QED) is 0.809. The summed E-state index contributed by atoms with van der Waals surface area (Å²) < 4.78 is 0. The van der Waals surface area contributed by atoms with Crippen molar-refractivity contribution in [3.8, 4) is 0 Å². The van der Waals surface area contributed by atoms with Gasteiger partial charge in [-0.3, -0.25) is 0 Å². The van der Waals surface area contributed by atoms with E-state index in [2.05, 4.69) is 25.2 Å². The Bertz CT molecular complexity index is 378. The van der Waals surface area contributed by atoms with Crippen LogP contribution in [0.4, 0.5) is 5.95 Å². The van der Waals surface area contributed by atoms with Crippen LogP contribution >= 0.6 is 33.4 Å². The summed E-state index contributed by atoms with van der Waals surface area (Å²) in [4.78, 5) is 15.2. The van der Waals surface area contributed by atoms with E-state index in [9.17, 15) is 0 Å². The maximum atomic E-state index is 5.70. The van der Waals surface area contributed by atoms with Crippen molar-refractivity contribution in [2.75, 3.05) is 37.8 Å². The van der Waals surface area contributed by atoms with Gasteiger partial charge < -0.3 is 10.2 Å². The highest BCUT2D eigenvalue weighted by Crippen LogP contribution is 2.21. The Morgan fingerprint density at radius 3 is 2.58 bits per heavy atom. The summed E-state index contributed by atoms with van der Waals surface area (Å²) in [7, 11) is 6.72. The van der Waals surface area contributed by atoms with Crippen molar-refractivity contribution in [3.05, 3.63) is 0 Å². The van der Waals surface area contributed by atoms with Crippen molar-refractivity contribution < 1.29 is 0 Å². The van der Waals surface area contributed by atoms with Crippen LogP contribution < -0.4 is 5.32 Å². The van der Waals surface area contributed by atoms with Gasteiger partial charge in [-0.05, 0) is 42.9 Å². The van der Waals surface area contributed by atoms with Crippen molar-refractivity contribution in [1.82, 2.24) is 19.9 Å². The van der Waals surface area contributed by atoms with E-state index in [1.807, 2.05) is 6.26 Å². The molecule has 1 aromatic heterocycles. The third kappa shape index (κ3) is 4.98. The molecule has 8 heteroatoms. The molecule has 0 bridgehead atoms. The number of likely N-dealkylation sites (tertiary alicyclic amines) is 1. The van der Waals surface area contributed by atoms with E-state index in [0.717, 1.165) is 24.1 Å². The number of piperidine rings is 1. The number of halogens is 1. The first-order chi connectivity index (χ1) is 9.31. The lowest BCUT2D eigenvalue weighted by molar-refractivity contribution is 0.237. The predicted octanol–water partition coefficient (Wildman–Crippen LogP) is 2.74. The van der Waals surface area contributed by atoms with Crippen molar-refractivity contribution in [3.63, 3.8) is 0 Å². The predicted molar refractivity (Wildman–Crippen MR) is 82.1 cm³/mol. The second kappa shape index (κ2) is 8.14. The van der Waals surface area contributed by atoms with Crippen molar-refractivity contribution in [2.45, 2.75) is 29.6 Å². The highest BCUT2D eigenvalue weighted by Gasteiger charge is 2.10. The minimum Gasteiger partial charge on any atom is -0.353 e. The lowest BCUT2D eigenvalue weighted by atomic mass is 10.1. The number of anilines is 1. The SMILES string of the molecule is CSc1nc(NCCN2CCCCC2)nc(SCl)n1. The largest absolute Gasteiger partial charge is 0.353 e. The van der Waals surface area contributed by atoms with Crippen LogP contribution in [0.25, 0.3) is 0 Å². The summed E-state index contributed by atoms with van der Waals surface area (Å²) in [5.74, 6) is 0.611. The summed E-state index contributed by atoms with van der Waals surface area (Å²) in [5.41, 5.74) is 0. The topological polar surface area (TPSA) is 53.9 Å². The van der Waals surface area contributed by atoms with E-state index in [1.165, 1.54) is 44.1 Å². The summed E-state index contributed by atoms with van der Waals surface area (Å²) in [6.07, 6.45) is 5.94. The van der Waals surface area contributed by atoms with Crippen LogP contribution in [0.3, 0.4) is 0 Å². The molecule has 2 rings (SSSR count). The third-order valence-corrected chi connectivity index (χ3v) is 4.29. The molecule has 1 saturated heterocycles. The molecule has 1 aromatic rings. The zero-order valence-corrected chi connectivity index (χ0v) is 13.3. The molecule has 0 spiro atoms. The Morgan fingerprint density at radius 1 is 1.16 bits per heavy atom. The van der Waals surface area contributed by atoms with Gasteiger partial charge in [0.2, 0.25) is 11.1 Å². The maximum absolute atomic E-state index is 5.70. The van der Waals surface area contributed by atoms with Crippen molar-refractivity contribution >= 4 is 39.4 Å². The highest BCUT2D eigenvalue weighted by atomic mass is 35.7. The van der Waals surface area contributed by atoms with E-state index in [1.54, 1.807) is 0 Å². The molecule has 1 aliphatic rings. The van der Waals surface area contributed by atoms with Crippen molar-refractivity contribution in [1.29, 1.82) is 0 Å². The van der Waals surface area contributed by atoms with Gasteiger partial charge in [0.05, 0.1) is 0 Å². The number of nitrogens with zero attached hydrogens (tertiary/aromatic N) is 4. The Labute approximate surface area is 126 Å². The first-order valence-electron chi connectivity index (χ1n) is 6.36. The average Bonchev–Trinajstić information content (AvgIpc) is 2.48. The van der Waals surface area contributed by atoms with Gasteiger partial charge in [-0.1, -0.05) is 18.2 Å². The van der Waals surface area contributed by atoms with E-state index in [-0.39, 0.29) is 0 Å². The minimum atomic E-state index is 0.543. The number of hydrogen-bond acceptors (Lipinski definition) is 7. The van der Waals surface area contributed by atoms with Gasteiger partial charge in [-0.15, -0.1) is 0 Å². The zero-order valence-electron chi connectivity index (χ0n) is 10.9. The summed E-state index contributed by atoms with van der Waals surface area (Å²) in [5, 5.41) is 4.49. The molecule has 0 atom stereocenters. The molecule has 0 aliphatic carbocycles. The van der Waals surface area contributed by atoms with E-state index < -0.39 is 0 Å². The van der Waals surface area contributed by atoms with Gasteiger partial charge in [0.1, 0.15) is 0 Å². The van der Waals surface area contributed by atoms with Crippen LogP contribution in [0.1, 0.15) is 19.3 Å². The van der Waals surface area contributed by atoms with Crippen LogP contribution in [-0.4, -0.2) is 52.3 Å². The molecule has 0 saturated carbocycles. The molecule has 2 heterocycles. The van der Waals surface area contributed by atoms with Crippen LogP contribution in [0, 0.1) is 0 Å². The Kier molecular flexibility index (Phi) is 6.49. The van der Waals surface area contributed by atoms with Gasteiger partial charge in [-0.2, -0.15) is 15.0 Å². The maximum Gasteiger partial charge on any atom is 0.227 e. The normalized spacial score (nSPS) is 16.5. The fourth-order valence-electron chi connectivity index (χ4n) is 2.05. The fraction of sp³-hybridized carbons (Fsp3) is 0.727. The zero-order chi connectivity index (χ0) is 13.5. The van der Waals surface area contributed by atoms with Gasteiger partial charge >= 0.3 is 0 Å². The number of hydrogen-bond donors (Lipinski definition) is 1. The molecule has 0 radical (unpaired) electrons. The van der Waals surface area contributed by atoms with Gasteiger partial charge in [0.25, 0.3) is 0 Å². The molecular weight excluding hydrogens is 302 g/mol. The molecular formula is C11H18ClN5S2. The first-order valence-corrected chi connectivity index (χ1v) is 9.23. The first kappa shape index (κ1) is 15.2. The van der Waals surface area contributed by atoms with E-state index in [4.69, 9.17) is 10.7 Å². The Morgan fingerprint density at radius 2 is 1.89 bits per heavy atom. The van der Waals surface area contributed by atoms with Gasteiger partial charge in [0.15, 0.2) is 5.16 Å². The van der Waals surface area contributed by atoms with Crippen molar-refractivity contribution in [2.24, 2.45) is 0 Å². The van der Waals surface area contributed by atoms with Crippen LogP contribution in [0.15, 0.2) is 10.3 Å². The second-order valence-electron chi connectivity index (χ2n) is 4.33. The second-order valence-corrected chi connectivity index (χ2v) is 6.09. The Balaban J connectivity index is 1.84. The molecule has 1 N–H and O–H groups in total. The molecule has 5 nitrogen and oxygen atoms in total. The van der Waals surface area contributed by atoms with Crippen LogP contribution in [0.5, 0.6) is 0 Å². The standard InChI is InChI=1S/C11H18ClN5S2/c1-18-10-14-9(15-11(16-10)19-12)13-5-8-17-6-3-2-4-7-17/h2-8H2,1H3,(H,13,14,15,16). The Hall–Kier alpha value is -0.240. The van der Waals surface area contributed by atoms with E-state index >= 15 is 0 Å². The number of thioether (sulfide) groups is 1. The lowest BCUT2D eigenvalue weighted by Gasteiger charge is -2.26. The number of nitrogens with one attached hydrogen (secondary N) is 1. The third-order valence-electron chi connectivity index (χ3n) is 3.01. The summed E-state index contributed by atoms with van der Waals surface area (Å²) in [6.45, 7) is 4.29. The highest BCUT2D eigenvalue weighted by molar-refractivity contribution is 8.21. The molecule has 106 valence electrons. The number of rotatable bonds is 6. The van der Waals surface area contributed by atoms with Crippen LogP contribution in [0.2, 0.25) is 0 Å². The van der Waals surface area contributed by atoms with E-state index in [0.29, 0.717) is 16.3 Å². The molecule has 0 unspecified atom stereocenters. The monoisotopic (exact) mass is 319 g/mol. The molecule has 0 amide bonds. The lowest BCUT2D eigenvalue weighted by Crippen LogP contribution is -2.33. The molecule has 1 aliphatic heterocycles. The van der Waals surface area contributed by atoms with Crippen LogP contribution in [-0.2, 0) is 0 Å². The number of aromatic nitrogens is 3. The fourth-order valence-corrected chi connectivity index (χ4v) is 2.91. The van der Waals surface area contributed by atoms with Gasteiger partial charge in [0, 0.05) is 24.1 Å².